The molecule has 0 unspecified atom stereocenters. The summed E-state index contributed by atoms with van der Waals surface area (Å²) in [5.41, 5.74) is 7.81. The first-order valence-corrected chi connectivity index (χ1v) is 7.82. The molecule has 5 N–H and O–H groups in total. The zero-order chi connectivity index (χ0) is 18.3. The third-order valence-electron chi connectivity index (χ3n) is 4.08. The summed E-state index contributed by atoms with van der Waals surface area (Å²) in [6.07, 6.45) is 1.72. The lowest BCUT2D eigenvalue weighted by atomic mass is 10.1. The number of halogens is 1. The van der Waals surface area contributed by atoms with Gasteiger partial charge in [-0.05, 0) is 30.3 Å². The Morgan fingerprint density at radius 1 is 1.15 bits per heavy atom. The van der Waals surface area contributed by atoms with E-state index in [1.165, 1.54) is 12.1 Å². The second kappa shape index (κ2) is 5.96. The summed E-state index contributed by atoms with van der Waals surface area (Å²) in [6, 6.07) is 13.3. The lowest BCUT2D eigenvalue weighted by molar-refractivity contribution is 0.432. The molecule has 4 aromatic rings. The molecule has 2 aromatic heterocycles. The Balaban J connectivity index is 2.23. The number of phenolic OH excluding ortho intramolecular Hbond substituents is 1. The number of para-hydroxylation sites is 1. The molecule has 128 valence electrons. The van der Waals surface area contributed by atoms with Crippen molar-refractivity contribution in [2.24, 2.45) is 10.7 Å². The maximum Gasteiger partial charge on any atom is 0.213 e. The van der Waals surface area contributed by atoms with Gasteiger partial charge in [-0.1, -0.05) is 18.2 Å². The minimum absolute atomic E-state index is 0.325. The lowest BCUT2D eigenvalue weighted by Gasteiger charge is -2.02. The SMILES string of the molecule is N=C(N)N=c1c2ccccc2nc(-c2ccc(O)c(F)c2)c2cc[nH]c12. The van der Waals surface area contributed by atoms with Gasteiger partial charge in [-0.2, -0.15) is 0 Å². The van der Waals surface area contributed by atoms with Crippen molar-refractivity contribution in [3.63, 3.8) is 0 Å². The van der Waals surface area contributed by atoms with Gasteiger partial charge in [0.15, 0.2) is 11.6 Å². The maximum absolute atomic E-state index is 13.9. The van der Waals surface area contributed by atoms with Gasteiger partial charge in [0.1, 0.15) is 5.36 Å². The van der Waals surface area contributed by atoms with E-state index >= 15 is 0 Å². The molecule has 0 amide bonds. The van der Waals surface area contributed by atoms with E-state index in [2.05, 4.69) is 9.98 Å². The number of aromatic amines is 1. The minimum atomic E-state index is -0.725. The number of nitrogens with one attached hydrogen (secondary N) is 2. The Hall–Kier alpha value is -3.74. The second-order valence-electron chi connectivity index (χ2n) is 5.76. The zero-order valence-electron chi connectivity index (χ0n) is 13.5. The average Bonchev–Trinajstić information content (AvgIpc) is 3.05. The number of nitrogens with two attached hydrogens (primary N) is 1. The van der Waals surface area contributed by atoms with Crippen LogP contribution < -0.4 is 11.1 Å². The highest BCUT2D eigenvalue weighted by Crippen LogP contribution is 2.29. The van der Waals surface area contributed by atoms with Crippen LogP contribution in [0.4, 0.5) is 4.39 Å². The molecular weight excluding hydrogens is 333 g/mol. The zero-order valence-corrected chi connectivity index (χ0v) is 13.5. The Kier molecular flexibility index (Phi) is 3.62. The van der Waals surface area contributed by atoms with Gasteiger partial charge in [0, 0.05) is 22.5 Å². The van der Waals surface area contributed by atoms with E-state index in [1.54, 1.807) is 18.3 Å². The van der Waals surface area contributed by atoms with E-state index < -0.39 is 11.6 Å². The number of guanidine groups is 1. The van der Waals surface area contributed by atoms with Gasteiger partial charge in [0.05, 0.1) is 16.7 Å². The number of aromatic nitrogens is 2. The van der Waals surface area contributed by atoms with Crippen LogP contribution in [0.3, 0.4) is 0 Å². The van der Waals surface area contributed by atoms with Crippen LogP contribution in [-0.4, -0.2) is 21.0 Å². The van der Waals surface area contributed by atoms with Crippen molar-refractivity contribution in [2.45, 2.75) is 0 Å². The van der Waals surface area contributed by atoms with Gasteiger partial charge in [-0.3, -0.25) is 5.41 Å². The second-order valence-corrected chi connectivity index (χ2v) is 5.76. The first kappa shape index (κ1) is 15.8. The molecule has 0 aliphatic rings. The van der Waals surface area contributed by atoms with Crippen molar-refractivity contribution < 1.29 is 9.50 Å². The van der Waals surface area contributed by atoms with Crippen LogP contribution in [0.5, 0.6) is 5.75 Å². The van der Waals surface area contributed by atoms with Crippen LogP contribution in [0, 0.1) is 11.2 Å². The van der Waals surface area contributed by atoms with Crippen molar-refractivity contribution in [2.75, 3.05) is 0 Å². The molecule has 26 heavy (non-hydrogen) atoms. The summed E-state index contributed by atoms with van der Waals surface area (Å²) in [4.78, 5) is 12.0. The van der Waals surface area contributed by atoms with Crippen molar-refractivity contribution in [1.29, 1.82) is 5.41 Å². The number of phenols is 1. The maximum atomic E-state index is 13.9. The van der Waals surface area contributed by atoms with E-state index in [0.717, 1.165) is 0 Å². The predicted octanol–water partition coefficient (Wildman–Crippen LogP) is 3.02. The molecule has 0 bridgehead atoms. The van der Waals surface area contributed by atoms with Gasteiger partial charge in [-0.15, -0.1) is 0 Å². The van der Waals surface area contributed by atoms with Crippen LogP contribution in [0.1, 0.15) is 0 Å². The molecule has 0 aliphatic heterocycles. The number of rotatable bonds is 1. The fourth-order valence-corrected chi connectivity index (χ4v) is 2.96. The van der Waals surface area contributed by atoms with Crippen molar-refractivity contribution in [1.82, 2.24) is 9.97 Å². The number of benzene rings is 2. The summed E-state index contributed by atoms with van der Waals surface area (Å²) >= 11 is 0. The summed E-state index contributed by atoms with van der Waals surface area (Å²) in [5.74, 6) is -1.47. The summed E-state index contributed by atoms with van der Waals surface area (Å²) < 4.78 is 13.9. The van der Waals surface area contributed by atoms with E-state index in [4.69, 9.17) is 16.1 Å². The number of aromatic hydroxyl groups is 1. The molecule has 0 saturated carbocycles. The van der Waals surface area contributed by atoms with Crippen LogP contribution in [0.15, 0.2) is 59.7 Å². The Morgan fingerprint density at radius 2 is 1.96 bits per heavy atom. The van der Waals surface area contributed by atoms with Crippen LogP contribution in [0.2, 0.25) is 0 Å². The highest BCUT2D eigenvalue weighted by molar-refractivity contribution is 5.98. The summed E-state index contributed by atoms with van der Waals surface area (Å²) in [5, 5.41) is 18.9. The number of hydrogen-bond donors (Lipinski definition) is 4. The van der Waals surface area contributed by atoms with Gasteiger partial charge >= 0.3 is 0 Å². The minimum Gasteiger partial charge on any atom is -0.505 e. The molecule has 0 spiro atoms. The lowest BCUT2D eigenvalue weighted by Crippen LogP contribution is -2.13. The molecule has 0 fully saturated rings. The van der Waals surface area contributed by atoms with Gasteiger partial charge < -0.3 is 15.8 Å². The van der Waals surface area contributed by atoms with Crippen LogP contribution >= 0.6 is 0 Å². The topological polar surface area (TPSA) is 111 Å². The van der Waals surface area contributed by atoms with Crippen LogP contribution in [0.25, 0.3) is 33.1 Å². The smallest absolute Gasteiger partial charge is 0.213 e. The summed E-state index contributed by atoms with van der Waals surface area (Å²) in [7, 11) is 0. The average molecular weight is 347 g/mol. The third-order valence-corrected chi connectivity index (χ3v) is 4.08. The normalized spacial score (nSPS) is 12.0. The molecule has 0 atom stereocenters. The quantitative estimate of drug-likeness (QED) is 0.314. The molecule has 7 heteroatoms. The predicted molar refractivity (Wildman–Crippen MR) is 98.1 cm³/mol. The number of hydrogen-bond acceptors (Lipinski definition) is 3. The largest absolute Gasteiger partial charge is 0.505 e. The van der Waals surface area contributed by atoms with E-state index in [0.29, 0.717) is 38.4 Å². The first-order chi connectivity index (χ1) is 12.5. The van der Waals surface area contributed by atoms with E-state index in [9.17, 15) is 9.50 Å². The number of fused-ring (bicyclic) bond motifs is 2. The molecule has 2 heterocycles. The monoisotopic (exact) mass is 347 g/mol. The van der Waals surface area contributed by atoms with Gasteiger partial charge in [0.25, 0.3) is 0 Å². The van der Waals surface area contributed by atoms with E-state index in [-0.39, 0.29) is 5.96 Å². The standard InChI is InChI=1S/C19H14FN5O/c20-13-9-10(5-6-15(13)26)16-12-7-8-23-17(12)18(25-19(21)22)11-3-1-2-4-14(11)24-16/h1-9,23,26H,(H3,21,22). The van der Waals surface area contributed by atoms with Gasteiger partial charge in [0.2, 0.25) is 5.96 Å². The molecule has 0 saturated heterocycles. The molecule has 2 aromatic carbocycles. The van der Waals surface area contributed by atoms with Crippen molar-refractivity contribution >= 4 is 27.8 Å². The molecule has 6 nitrogen and oxygen atoms in total. The molecular formula is C19H14FN5O. The fourth-order valence-electron chi connectivity index (χ4n) is 2.96. The Morgan fingerprint density at radius 3 is 2.73 bits per heavy atom. The first-order valence-electron chi connectivity index (χ1n) is 7.82. The number of H-pyrrole nitrogens is 1. The fraction of sp³-hybridized carbons (Fsp3) is 0. The molecule has 0 aliphatic carbocycles. The molecule has 0 radical (unpaired) electrons. The Labute approximate surface area is 147 Å². The highest BCUT2D eigenvalue weighted by atomic mass is 19.1. The van der Waals surface area contributed by atoms with Crippen molar-refractivity contribution in [3.05, 3.63) is 65.9 Å². The van der Waals surface area contributed by atoms with Gasteiger partial charge in [-0.25, -0.2) is 14.4 Å². The van der Waals surface area contributed by atoms with E-state index in [1.807, 2.05) is 24.3 Å². The third kappa shape index (κ3) is 2.55. The van der Waals surface area contributed by atoms with Crippen LogP contribution in [-0.2, 0) is 0 Å². The highest BCUT2D eigenvalue weighted by Gasteiger charge is 2.12. The summed E-state index contributed by atoms with van der Waals surface area (Å²) in [6.45, 7) is 0. The molecule has 4 rings (SSSR count). The Bertz CT molecular complexity index is 1250. The van der Waals surface area contributed by atoms with Crippen molar-refractivity contribution in [3.8, 4) is 17.0 Å². The number of nitrogens with zero attached hydrogens (tertiary/aromatic N) is 2.